The number of rotatable bonds is 6. The lowest BCUT2D eigenvalue weighted by atomic mass is 10.0. The summed E-state index contributed by atoms with van der Waals surface area (Å²) in [4.78, 5) is 23.1. The van der Waals surface area contributed by atoms with Crippen molar-refractivity contribution in [3.8, 4) is 5.88 Å². The van der Waals surface area contributed by atoms with E-state index in [1.807, 2.05) is 18.2 Å². The van der Waals surface area contributed by atoms with Gasteiger partial charge >= 0.3 is 0 Å². The molecule has 25 heavy (non-hydrogen) atoms. The van der Waals surface area contributed by atoms with Crippen LogP contribution < -0.4 is 9.64 Å². The van der Waals surface area contributed by atoms with Gasteiger partial charge < -0.3 is 9.64 Å². The Balaban J connectivity index is 2.03. The molecule has 0 amide bonds. The SMILES string of the molecule is COc1nc(CC(C)=O)nc(N2CCCCC2)c1Cc1ccccc1. The third kappa shape index (κ3) is 4.35. The highest BCUT2D eigenvalue weighted by Gasteiger charge is 2.22. The van der Waals surface area contributed by atoms with Crippen LogP contribution in [0.15, 0.2) is 30.3 Å². The van der Waals surface area contributed by atoms with Gasteiger partial charge in [-0.2, -0.15) is 4.98 Å². The number of ketones is 1. The number of piperidine rings is 1. The first-order valence-corrected chi connectivity index (χ1v) is 8.89. The van der Waals surface area contributed by atoms with Gasteiger partial charge in [-0.3, -0.25) is 4.79 Å². The minimum atomic E-state index is 0.0578. The van der Waals surface area contributed by atoms with Gasteiger partial charge in [-0.15, -0.1) is 0 Å². The Kier molecular flexibility index (Phi) is 5.64. The van der Waals surface area contributed by atoms with Crippen LogP contribution >= 0.6 is 0 Å². The van der Waals surface area contributed by atoms with E-state index in [0.29, 0.717) is 11.7 Å². The van der Waals surface area contributed by atoms with Crippen LogP contribution in [-0.2, 0) is 17.6 Å². The Bertz CT molecular complexity index is 725. The Labute approximate surface area is 149 Å². The Hall–Kier alpha value is -2.43. The summed E-state index contributed by atoms with van der Waals surface area (Å²) in [5.74, 6) is 2.10. The van der Waals surface area contributed by atoms with Crippen LogP contribution in [0.4, 0.5) is 5.82 Å². The van der Waals surface area contributed by atoms with Gasteiger partial charge in [0.1, 0.15) is 17.4 Å². The van der Waals surface area contributed by atoms with Crippen LogP contribution in [0.25, 0.3) is 0 Å². The molecule has 0 bridgehead atoms. The summed E-state index contributed by atoms with van der Waals surface area (Å²) in [7, 11) is 1.63. The fourth-order valence-electron chi connectivity index (χ4n) is 3.29. The zero-order valence-corrected chi connectivity index (χ0v) is 15.0. The molecule has 5 nitrogen and oxygen atoms in total. The molecule has 1 aromatic carbocycles. The largest absolute Gasteiger partial charge is 0.481 e. The van der Waals surface area contributed by atoms with E-state index in [2.05, 4.69) is 22.0 Å². The molecular weight excluding hydrogens is 314 g/mol. The normalized spacial score (nSPS) is 14.4. The molecule has 5 heteroatoms. The first-order valence-electron chi connectivity index (χ1n) is 8.89. The minimum Gasteiger partial charge on any atom is -0.481 e. The molecule has 0 N–H and O–H groups in total. The molecular formula is C20H25N3O2. The number of hydrogen-bond acceptors (Lipinski definition) is 5. The Morgan fingerprint density at radius 2 is 1.84 bits per heavy atom. The van der Waals surface area contributed by atoms with E-state index in [9.17, 15) is 4.79 Å². The third-order valence-corrected chi connectivity index (χ3v) is 4.47. The summed E-state index contributed by atoms with van der Waals surface area (Å²) in [5.41, 5.74) is 2.20. The van der Waals surface area contributed by atoms with E-state index in [0.717, 1.165) is 30.9 Å². The number of ether oxygens (including phenoxy) is 1. The van der Waals surface area contributed by atoms with Crippen LogP contribution in [0.1, 0.15) is 43.1 Å². The molecule has 132 valence electrons. The number of methoxy groups -OCH3 is 1. The number of carbonyl (C=O) groups excluding carboxylic acids is 1. The minimum absolute atomic E-state index is 0.0578. The molecule has 0 unspecified atom stereocenters. The van der Waals surface area contributed by atoms with Gasteiger partial charge in [0.25, 0.3) is 0 Å². The van der Waals surface area contributed by atoms with Crippen molar-refractivity contribution < 1.29 is 9.53 Å². The maximum Gasteiger partial charge on any atom is 0.222 e. The van der Waals surface area contributed by atoms with Crippen molar-refractivity contribution in [1.29, 1.82) is 0 Å². The van der Waals surface area contributed by atoms with Crippen molar-refractivity contribution in [3.05, 3.63) is 47.3 Å². The Morgan fingerprint density at radius 3 is 2.48 bits per heavy atom. The molecule has 2 aromatic rings. The molecule has 1 aliphatic rings. The highest BCUT2D eigenvalue weighted by atomic mass is 16.5. The second-order valence-electron chi connectivity index (χ2n) is 6.54. The van der Waals surface area contributed by atoms with Crippen LogP contribution in [0, 0.1) is 0 Å². The van der Waals surface area contributed by atoms with Gasteiger partial charge in [-0.25, -0.2) is 4.98 Å². The van der Waals surface area contributed by atoms with E-state index < -0.39 is 0 Å². The first kappa shape index (κ1) is 17.4. The standard InChI is InChI=1S/C20H25N3O2/c1-15(24)13-18-21-19(23-11-7-4-8-12-23)17(20(22-18)25-2)14-16-9-5-3-6-10-16/h3,5-6,9-10H,4,7-8,11-14H2,1-2H3. The van der Waals surface area contributed by atoms with Gasteiger partial charge in [0, 0.05) is 19.5 Å². The van der Waals surface area contributed by atoms with Crippen LogP contribution in [0.5, 0.6) is 5.88 Å². The maximum atomic E-state index is 11.5. The number of carbonyl (C=O) groups is 1. The number of aromatic nitrogens is 2. The summed E-state index contributed by atoms with van der Waals surface area (Å²) in [6, 6.07) is 10.3. The van der Waals surface area contributed by atoms with Gasteiger partial charge in [0.05, 0.1) is 19.1 Å². The quantitative estimate of drug-likeness (QED) is 0.809. The monoisotopic (exact) mass is 339 g/mol. The molecule has 0 radical (unpaired) electrons. The number of benzene rings is 1. The van der Waals surface area contributed by atoms with Crippen molar-refractivity contribution >= 4 is 11.6 Å². The van der Waals surface area contributed by atoms with Gasteiger partial charge in [-0.05, 0) is 31.7 Å². The molecule has 1 saturated heterocycles. The summed E-state index contributed by atoms with van der Waals surface area (Å²) >= 11 is 0. The second-order valence-corrected chi connectivity index (χ2v) is 6.54. The molecule has 3 rings (SSSR count). The van der Waals surface area contributed by atoms with Gasteiger partial charge in [0.15, 0.2) is 0 Å². The molecule has 0 saturated carbocycles. The summed E-state index contributed by atoms with van der Waals surface area (Å²) in [6.45, 7) is 3.54. The van der Waals surface area contributed by atoms with E-state index in [-0.39, 0.29) is 12.2 Å². The summed E-state index contributed by atoms with van der Waals surface area (Å²) in [5, 5.41) is 0. The average molecular weight is 339 g/mol. The molecule has 0 atom stereocenters. The van der Waals surface area contributed by atoms with Crippen LogP contribution in [0.2, 0.25) is 0 Å². The average Bonchev–Trinajstić information content (AvgIpc) is 2.63. The van der Waals surface area contributed by atoms with Gasteiger partial charge in [-0.1, -0.05) is 30.3 Å². The van der Waals surface area contributed by atoms with Crippen molar-refractivity contribution in [2.24, 2.45) is 0 Å². The van der Waals surface area contributed by atoms with Gasteiger partial charge in [0.2, 0.25) is 5.88 Å². The van der Waals surface area contributed by atoms with Crippen molar-refractivity contribution in [1.82, 2.24) is 9.97 Å². The Morgan fingerprint density at radius 1 is 1.12 bits per heavy atom. The molecule has 1 aliphatic heterocycles. The molecule has 0 spiro atoms. The lowest BCUT2D eigenvalue weighted by molar-refractivity contribution is -0.116. The van der Waals surface area contributed by atoms with Crippen molar-refractivity contribution in [2.45, 2.75) is 39.0 Å². The number of nitrogens with zero attached hydrogens (tertiary/aromatic N) is 3. The molecule has 2 heterocycles. The third-order valence-electron chi connectivity index (χ3n) is 4.47. The zero-order chi connectivity index (χ0) is 17.6. The topological polar surface area (TPSA) is 55.3 Å². The predicted octanol–water partition coefficient (Wildman–Crippen LogP) is 3.20. The summed E-state index contributed by atoms with van der Waals surface area (Å²) < 4.78 is 5.58. The summed E-state index contributed by atoms with van der Waals surface area (Å²) in [6.07, 6.45) is 4.55. The second kappa shape index (κ2) is 8.10. The molecule has 0 aliphatic carbocycles. The maximum absolute atomic E-state index is 11.5. The lowest BCUT2D eigenvalue weighted by Gasteiger charge is -2.30. The lowest BCUT2D eigenvalue weighted by Crippen LogP contribution is -2.32. The smallest absolute Gasteiger partial charge is 0.222 e. The van der Waals surface area contributed by atoms with E-state index >= 15 is 0 Å². The van der Waals surface area contributed by atoms with Crippen molar-refractivity contribution in [3.63, 3.8) is 0 Å². The van der Waals surface area contributed by atoms with Crippen LogP contribution in [0.3, 0.4) is 0 Å². The first-order chi connectivity index (χ1) is 12.2. The fraction of sp³-hybridized carbons (Fsp3) is 0.450. The zero-order valence-electron chi connectivity index (χ0n) is 15.0. The van der Waals surface area contributed by atoms with E-state index in [1.54, 1.807) is 14.0 Å². The number of hydrogen-bond donors (Lipinski definition) is 0. The highest BCUT2D eigenvalue weighted by Crippen LogP contribution is 2.30. The van der Waals surface area contributed by atoms with Crippen molar-refractivity contribution in [2.75, 3.05) is 25.1 Å². The van der Waals surface area contributed by atoms with Crippen LogP contribution in [-0.4, -0.2) is 36.0 Å². The number of anilines is 1. The predicted molar refractivity (Wildman–Crippen MR) is 98.3 cm³/mol. The molecule has 1 fully saturated rings. The van der Waals surface area contributed by atoms with E-state index in [1.165, 1.54) is 24.8 Å². The highest BCUT2D eigenvalue weighted by molar-refractivity contribution is 5.77. The number of Topliss-reactive ketones (excluding diaryl/α,β-unsaturated/α-hetero) is 1. The van der Waals surface area contributed by atoms with E-state index in [4.69, 9.17) is 9.72 Å². The fourth-order valence-corrected chi connectivity index (χ4v) is 3.29. The molecule has 1 aromatic heterocycles.